The van der Waals surface area contributed by atoms with E-state index in [1.807, 2.05) is 6.92 Å². The van der Waals surface area contributed by atoms with E-state index in [1.165, 1.54) is 0 Å². The van der Waals surface area contributed by atoms with Gasteiger partial charge in [0.2, 0.25) is 5.92 Å². The van der Waals surface area contributed by atoms with Crippen molar-refractivity contribution in [2.45, 2.75) is 96.8 Å². The minimum absolute atomic E-state index is 0.0938. The van der Waals surface area contributed by atoms with Crippen molar-refractivity contribution in [2.24, 2.45) is 46.3 Å². The van der Waals surface area contributed by atoms with Crippen molar-refractivity contribution >= 4 is 5.97 Å². The molecule has 0 spiro atoms. The van der Waals surface area contributed by atoms with Crippen LogP contribution in [0.4, 0.5) is 17.6 Å². The van der Waals surface area contributed by atoms with Crippen molar-refractivity contribution in [3.63, 3.8) is 0 Å². The summed E-state index contributed by atoms with van der Waals surface area (Å²) < 4.78 is 59.4. The topological polar surface area (TPSA) is 37.3 Å². The Labute approximate surface area is 177 Å². The fourth-order valence-corrected chi connectivity index (χ4v) is 8.61. The second kappa shape index (κ2) is 7.10. The molecule has 2 nitrogen and oxygen atoms in total. The summed E-state index contributed by atoms with van der Waals surface area (Å²) in [5, 5.41) is 9.05. The van der Waals surface area contributed by atoms with Crippen LogP contribution in [0.3, 0.4) is 0 Å². The Balaban J connectivity index is 1.61. The Morgan fingerprint density at radius 2 is 1.63 bits per heavy atom. The van der Waals surface area contributed by atoms with Crippen molar-refractivity contribution in [2.75, 3.05) is 0 Å². The van der Waals surface area contributed by atoms with E-state index in [0.717, 1.165) is 19.3 Å². The average Bonchev–Trinajstić information content (AvgIpc) is 2.98. The number of alkyl halides is 4. The number of carbonyl (C=O) groups is 1. The lowest BCUT2D eigenvalue weighted by atomic mass is 9.43. The first-order valence-corrected chi connectivity index (χ1v) is 11.8. The summed E-state index contributed by atoms with van der Waals surface area (Å²) in [4.78, 5) is 11.0. The average molecular weight is 433 g/mol. The van der Waals surface area contributed by atoms with E-state index in [2.05, 4.69) is 13.8 Å². The number of fused-ring (bicyclic) bond motifs is 5. The molecule has 6 heteroatoms. The highest BCUT2D eigenvalue weighted by Crippen LogP contribution is 2.71. The second-order valence-corrected chi connectivity index (χ2v) is 11.6. The van der Waals surface area contributed by atoms with Gasteiger partial charge in [0.1, 0.15) is 0 Å². The number of halogens is 4. The quantitative estimate of drug-likeness (QED) is 0.484. The molecule has 0 radical (unpaired) electrons. The lowest BCUT2D eigenvalue weighted by Crippen LogP contribution is -2.61. The molecule has 172 valence electrons. The Hall–Kier alpha value is -0.810. The van der Waals surface area contributed by atoms with Gasteiger partial charge in [-0.2, -0.15) is 0 Å². The molecule has 0 aliphatic heterocycles. The summed E-state index contributed by atoms with van der Waals surface area (Å²) in [5.41, 5.74) is -0.618. The van der Waals surface area contributed by atoms with E-state index < -0.39 is 41.5 Å². The van der Waals surface area contributed by atoms with Gasteiger partial charge in [-0.05, 0) is 78.9 Å². The van der Waals surface area contributed by atoms with Crippen LogP contribution in [-0.4, -0.2) is 22.9 Å². The van der Waals surface area contributed by atoms with E-state index in [1.54, 1.807) is 0 Å². The van der Waals surface area contributed by atoms with Crippen LogP contribution in [-0.2, 0) is 4.79 Å². The molecule has 4 aliphatic rings. The molecule has 0 aromatic heterocycles. The minimum atomic E-state index is -2.90. The monoisotopic (exact) mass is 432 g/mol. The predicted molar refractivity (Wildman–Crippen MR) is 107 cm³/mol. The summed E-state index contributed by atoms with van der Waals surface area (Å²) in [7, 11) is 0. The lowest BCUT2D eigenvalue weighted by Gasteiger charge is -2.63. The van der Waals surface area contributed by atoms with Crippen LogP contribution in [0.1, 0.15) is 85.0 Å². The molecule has 30 heavy (non-hydrogen) atoms. The largest absolute Gasteiger partial charge is 0.481 e. The molecule has 4 aliphatic carbocycles. The van der Waals surface area contributed by atoms with Gasteiger partial charge >= 0.3 is 5.97 Å². The zero-order valence-electron chi connectivity index (χ0n) is 18.4. The van der Waals surface area contributed by atoms with Crippen molar-refractivity contribution < 1.29 is 27.5 Å². The highest BCUT2D eigenvalue weighted by molar-refractivity contribution is 5.66. The number of carboxylic acids is 1. The summed E-state index contributed by atoms with van der Waals surface area (Å²) in [6, 6.07) is 0. The van der Waals surface area contributed by atoms with Crippen LogP contribution < -0.4 is 0 Å². The predicted octanol–water partition coefficient (Wildman–Crippen LogP) is 7.03. The normalized spacial score (nSPS) is 47.6. The van der Waals surface area contributed by atoms with Gasteiger partial charge in [-0.25, -0.2) is 17.6 Å². The standard InChI is InChI=1S/C24H36F4O2/c1-14(4-7-19(29)30)16-5-6-17-20-18(8-9-22(16,17)3)21(2)10-11-23(25,26)12-15(21)13-24(20,27)28/h14-18,20H,4-13H2,1-3H3,(H,29,30)/t14-,15+,16-,17+,18+,20+,21+,22-/m1/s1. The molecule has 0 unspecified atom stereocenters. The smallest absolute Gasteiger partial charge is 0.303 e. The second-order valence-electron chi connectivity index (χ2n) is 11.6. The van der Waals surface area contributed by atoms with E-state index in [9.17, 15) is 13.6 Å². The van der Waals surface area contributed by atoms with Crippen molar-refractivity contribution in [1.82, 2.24) is 0 Å². The minimum Gasteiger partial charge on any atom is -0.481 e. The van der Waals surface area contributed by atoms with E-state index in [-0.39, 0.29) is 48.3 Å². The summed E-state index contributed by atoms with van der Waals surface area (Å²) in [6.45, 7) is 6.25. The molecule has 0 aromatic rings. The van der Waals surface area contributed by atoms with Gasteiger partial charge in [0, 0.05) is 31.6 Å². The summed E-state index contributed by atoms with van der Waals surface area (Å²) in [6.07, 6.45) is 3.27. The Kier molecular flexibility index (Phi) is 5.30. The van der Waals surface area contributed by atoms with E-state index >= 15 is 8.78 Å². The number of rotatable bonds is 4. The third kappa shape index (κ3) is 3.39. The molecule has 1 N–H and O–H groups in total. The first-order valence-electron chi connectivity index (χ1n) is 11.8. The zero-order chi connectivity index (χ0) is 22.1. The summed E-state index contributed by atoms with van der Waals surface area (Å²) >= 11 is 0. The Morgan fingerprint density at radius 1 is 0.967 bits per heavy atom. The highest BCUT2D eigenvalue weighted by atomic mass is 19.3. The third-order valence-corrected chi connectivity index (χ3v) is 10.2. The first-order chi connectivity index (χ1) is 13.8. The molecule has 4 rings (SSSR count). The molecule has 8 atom stereocenters. The number of carboxylic acid groups (broad SMARTS) is 1. The zero-order valence-corrected chi connectivity index (χ0v) is 18.4. The van der Waals surface area contributed by atoms with Gasteiger partial charge in [-0.15, -0.1) is 0 Å². The molecule has 0 heterocycles. The van der Waals surface area contributed by atoms with Crippen molar-refractivity contribution in [3.05, 3.63) is 0 Å². The van der Waals surface area contributed by atoms with Gasteiger partial charge in [-0.3, -0.25) is 4.79 Å². The molecular weight excluding hydrogens is 396 g/mol. The van der Waals surface area contributed by atoms with Crippen LogP contribution in [0.25, 0.3) is 0 Å². The lowest BCUT2D eigenvalue weighted by molar-refractivity contribution is -0.249. The molecule has 0 saturated heterocycles. The van der Waals surface area contributed by atoms with Crippen LogP contribution in [0.15, 0.2) is 0 Å². The molecular formula is C24H36F4O2. The van der Waals surface area contributed by atoms with E-state index in [4.69, 9.17) is 5.11 Å². The number of hydrogen-bond acceptors (Lipinski definition) is 1. The van der Waals surface area contributed by atoms with Gasteiger partial charge in [-0.1, -0.05) is 20.8 Å². The Morgan fingerprint density at radius 3 is 2.30 bits per heavy atom. The third-order valence-electron chi connectivity index (χ3n) is 10.2. The fourth-order valence-electron chi connectivity index (χ4n) is 8.61. The maximum absolute atomic E-state index is 15.6. The van der Waals surface area contributed by atoms with Crippen molar-refractivity contribution in [3.8, 4) is 0 Å². The fraction of sp³-hybridized carbons (Fsp3) is 0.958. The molecule has 4 fully saturated rings. The first kappa shape index (κ1) is 22.4. The van der Waals surface area contributed by atoms with Gasteiger partial charge in [0.15, 0.2) is 0 Å². The molecule has 0 bridgehead atoms. The maximum Gasteiger partial charge on any atom is 0.303 e. The molecule has 0 aromatic carbocycles. The van der Waals surface area contributed by atoms with Crippen LogP contribution in [0, 0.1) is 46.3 Å². The SMILES string of the molecule is C[C@H](CCC(=O)O)[C@H]1CC[C@H]2[C@H]3[C@H](CC[C@]12C)[C@@]1(C)CCC(F)(F)C[C@H]1CC3(F)F. The molecule has 4 saturated carbocycles. The Bertz CT molecular complexity index is 695. The highest BCUT2D eigenvalue weighted by Gasteiger charge is 2.69. The maximum atomic E-state index is 15.6. The van der Waals surface area contributed by atoms with Gasteiger partial charge in [0.25, 0.3) is 5.92 Å². The van der Waals surface area contributed by atoms with Crippen LogP contribution in [0.5, 0.6) is 0 Å². The summed E-state index contributed by atoms with van der Waals surface area (Å²) in [5.74, 6) is -7.66. The molecule has 0 amide bonds. The van der Waals surface area contributed by atoms with Crippen LogP contribution >= 0.6 is 0 Å². The van der Waals surface area contributed by atoms with Crippen molar-refractivity contribution in [1.29, 1.82) is 0 Å². The van der Waals surface area contributed by atoms with Gasteiger partial charge < -0.3 is 5.11 Å². The van der Waals surface area contributed by atoms with E-state index in [0.29, 0.717) is 19.3 Å². The number of aliphatic carboxylic acids is 1. The van der Waals surface area contributed by atoms with Crippen LogP contribution in [0.2, 0.25) is 0 Å². The van der Waals surface area contributed by atoms with Gasteiger partial charge in [0.05, 0.1) is 0 Å². The number of hydrogen-bond donors (Lipinski definition) is 1.